The maximum atomic E-state index is 12.4. The van der Waals surface area contributed by atoms with E-state index in [1.165, 1.54) is 35.6 Å². The van der Waals surface area contributed by atoms with Crippen molar-refractivity contribution >= 4 is 44.5 Å². The molecule has 0 aliphatic rings. The fourth-order valence-corrected chi connectivity index (χ4v) is 4.47. The lowest BCUT2D eigenvalue weighted by Crippen LogP contribution is -2.30. The molecule has 3 aromatic rings. The van der Waals surface area contributed by atoms with Crippen LogP contribution in [0.1, 0.15) is 33.9 Å². The summed E-state index contributed by atoms with van der Waals surface area (Å²) in [6.45, 7) is 3.48. The van der Waals surface area contributed by atoms with E-state index in [1.807, 2.05) is 5.38 Å². The van der Waals surface area contributed by atoms with Gasteiger partial charge in [-0.15, -0.1) is 11.3 Å². The molecule has 0 aliphatic heterocycles. The first-order valence-corrected chi connectivity index (χ1v) is 11.5. The number of thiophene rings is 1. The standard InChI is InChI=1S/C21H21N3O4S2/c1-14(2)24-30(27,28)18-11-9-17(10-12-18)22-20(25)15-5-7-16(8-6-15)23-21(26)19-4-3-13-29-19/h3-14,24H,1-2H3,(H,22,25)(H,23,26). The minimum atomic E-state index is -3.58. The van der Waals surface area contributed by atoms with Crippen molar-refractivity contribution in [1.29, 1.82) is 0 Å². The molecule has 0 saturated carbocycles. The van der Waals surface area contributed by atoms with Gasteiger partial charge in [0, 0.05) is 23.0 Å². The zero-order valence-electron chi connectivity index (χ0n) is 16.4. The summed E-state index contributed by atoms with van der Waals surface area (Å²) in [5.41, 5.74) is 1.46. The molecule has 9 heteroatoms. The average molecular weight is 444 g/mol. The number of hydrogen-bond acceptors (Lipinski definition) is 5. The van der Waals surface area contributed by atoms with Gasteiger partial charge in [0.1, 0.15) is 0 Å². The van der Waals surface area contributed by atoms with E-state index < -0.39 is 10.0 Å². The molecule has 3 rings (SSSR count). The van der Waals surface area contributed by atoms with E-state index in [1.54, 1.807) is 50.2 Å². The van der Waals surface area contributed by atoms with Crippen LogP contribution in [-0.2, 0) is 10.0 Å². The van der Waals surface area contributed by atoms with E-state index in [-0.39, 0.29) is 22.8 Å². The number of rotatable bonds is 7. The number of anilines is 2. The normalized spacial score (nSPS) is 11.3. The number of sulfonamides is 1. The van der Waals surface area contributed by atoms with Gasteiger partial charge in [-0.3, -0.25) is 9.59 Å². The molecule has 1 heterocycles. The minimum absolute atomic E-state index is 0.125. The largest absolute Gasteiger partial charge is 0.322 e. The molecule has 156 valence electrons. The molecule has 0 aliphatic carbocycles. The van der Waals surface area contributed by atoms with Crippen LogP contribution >= 0.6 is 11.3 Å². The monoisotopic (exact) mass is 443 g/mol. The molecule has 0 spiro atoms. The lowest BCUT2D eigenvalue weighted by molar-refractivity contribution is 0.102. The molecule has 2 amide bonds. The van der Waals surface area contributed by atoms with E-state index in [2.05, 4.69) is 15.4 Å². The quantitative estimate of drug-likeness (QED) is 0.514. The molecule has 7 nitrogen and oxygen atoms in total. The Morgan fingerprint density at radius 3 is 1.93 bits per heavy atom. The Kier molecular flexibility index (Phi) is 6.66. The van der Waals surface area contributed by atoms with Gasteiger partial charge in [-0.1, -0.05) is 6.07 Å². The van der Waals surface area contributed by atoms with E-state index in [4.69, 9.17) is 0 Å². The molecule has 1 aromatic heterocycles. The van der Waals surface area contributed by atoms with E-state index >= 15 is 0 Å². The highest BCUT2D eigenvalue weighted by atomic mass is 32.2. The van der Waals surface area contributed by atoms with Crippen LogP contribution in [0.5, 0.6) is 0 Å². The number of carbonyl (C=O) groups excluding carboxylic acids is 2. The van der Waals surface area contributed by atoms with Crippen molar-refractivity contribution in [2.75, 3.05) is 10.6 Å². The summed E-state index contributed by atoms with van der Waals surface area (Å²) in [5, 5.41) is 7.32. The number of carbonyl (C=O) groups is 2. The fraction of sp³-hybridized carbons (Fsp3) is 0.143. The van der Waals surface area contributed by atoms with Gasteiger partial charge < -0.3 is 10.6 Å². The maximum Gasteiger partial charge on any atom is 0.265 e. The first-order chi connectivity index (χ1) is 14.2. The Balaban J connectivity index is 1.62. The third-order valence-electron chi connectivity index (χ3n) is 3.96. The van der Waals surface area contributed by atoms with Crippen LogP contribution in [0.25, 0.3) is 0 Å². The topological polar surface area (TPSA) is 104 Å². The molecule has 0 atom stereocenters. The molecule has 0 fully saturated rings. The highest BCUT2D eigenvalue weighted by molar-refractivity contribution is 7.89. The van der Waals surface area contributed by atoms with Crippen molar-refractivity contribution in [3.63, 3.8) is 0 Å². The van der Waals surface area contributed by atoms with Crippen molar-refractivity contribution in [3.05, 3.63) is 76.5 Å². The summed E-state index contributed by atoms with van der Waals surface area (Å²) >= 11 is 1.35. The second-order valence-corrected chi connectivity index (χ2v) is 9.42. The van der Waals surface area contributed by atoms with Crippen molar-refractivity contribution in [2.24, 2.45) is 0 Å². The Bertz CT molecular complexity index is 1120. The van der Waals surface area contributed by atoms with Crippen LogP contribution in [0.15, 0.2) is 70.9 Å². The Morgan fingerprint density at radius 1 is 0.833 bits per heavy atom. The molecular formula is C21H21N3O4S2. The van der Waals surface area contributed by atoms with Crippen LogP contribution in [0.3, 0.4) is 0 Å². The van der Waals surface area contributed by atoms with Gasteiger partial charge in [-0.05, 0) is 73.8 Å². The fourth-order valence-electron chi connectivity index (χ4n) is 2.60. The predicted molar refractivity (Wildman–Crippen MR) is 119 cm³/mol. The lowest BCUT2D eigenvalue weighted by atomic mass is 10.2. The summed E-state index contributed by atoms with van der Waals surface area (Å²) in [6, 6.07) is 15.7. The van der Waals surface area contributed by atoms with Crippen LogP contribution in [0.4, 0.5) is 11.4 Å². The highest BCUT2D eigenvalue weighted by Crippen LogP contribution is 2.17. The van der Waals surface area contributed by atoms with Gasteiger partial charge in [-0.25, -0.2) is 13.1 Å². The molecule has 0 saturated heterocycles. The van der Waals surface area contributed by atoms with Gasteiger partial charge in [0.2, 0.25) is 10.0 Å². The van der Waals surface area contributed by atoms with Crippen molar-refractivity contribution < 1.29 is 18.0 Å². The minimum Gasteiger partial charge on any atom is -0.322 e. The third-order valence-corrected chi connectivity index (χ3v) is 6.51. The van der Waals surface area contributed by atoms with Crippen LogP contribution in [0.2, 0.25) is 0 Å². The number of nitrogens with one attached hydrogen (secondary N) is 3. The summed E-state index contributed by atoms with van der Waals surface area (Å²) in [7, 11) is -3.58. The van der Waals surface area contributed by atoms with Gasteiger partial charge in [0.25, 0.3) is 11.8 Å². The summed E-state index contributed by atoms with van der Waals surface area (Å²) in [5.74, 6) is -0.550. The van der Waals surface area contributed by atoms with Gasteiger partial charge in [0.15, 0.2) is 0 Å². The SMILES string of the molecule is CC(C)NS(=O)(=O)c1ccc(NC(=O)c2ccc(NC(=O)c3cccs3)cc2)cc1. The second-order valence-electron chi connectivity index (χ2n) is 6.76. The highest BCUT2D eigenvalue weighted by Gasteiger charge is 2.15. The first-order valence-electron chi connectivity index (χ1n) is 9.13. The van der Waals surface area contributed by atoms with Gasteiger partial charge in [-0.2, -0.15) is 0 Å². The molecular weight excluding hydrogens is 422 g/mol. The Labute approximate surface area is 179 Å². The lowest BCUT2D eigenvalue weighted by Gasteiger charge is -2.11. The van der Waals surface area contributed by atoms with Crippen LogP contribution < -0.4 is 15.4 Å². The number of hydrogen-bond donors (Lipinski definition) is 3. The Morgan fingerprint density at radius 2 is 1.40 bits per heavy atom. The zero-order valence-corrected chi connectivity index (χ0v) is 18.0. The third kappa shape index (κ3) is 5.53. The van der Waals surface area contributed by atoms with Crippen molar-refractivity contribution in [3.8, 4) is 0 Å². The first kappa shape index (κ1) is 21.7. The molecule has 0 radical (unpaired) electrons. The second kappa shape index (κ2) is 9.21. The van der Waals surface area contributed by atoms with E-state index in [0.717, 1.165) is 0 Å². The van der Waals surface area contributed by atoms with Crippen LogP contribution in [0, 0.1) is 0 Å². The summed E-state index contributed by atoms with van der Waals surface area (Å²) in [6.07, 6.45) is 0. The average Bonchev–Trinajstić information content (AvgIpc) is 3.23. The predicted octanol–water partition coefficient (Wildman–Crippen LogP) is 3.94. The molecule has 0 unspecified atom stereocenters. The Hall–Kier alpha value is -3.01. The summed E-state index contributed by atoms with van der Waals surface area (Å²) in [4.78, 5) is 25.2. The maximum absolute atomic E-state index is 12.4. The zero-order chi connectivity index (χ0) is 21.7. The molecule has 3 N–H and O–H groups in total. The van der Waals surface area contributed by atoms with Gasteiger partial charge >= 0.3 is 0 Å². The molecule has 30 heavy (non-hydrogen) atoms. The number of amides is 2. The molecule has 0 bridgehead atoms. The van der Waals surface area contributed by atoms with Crippen molar-refractivity contribution in [2.45, 2.75) is 24.8 Å². The summed E-state index contributed by atoms with van der Waals surface area (Å²) < 4.78 is 26.8. The van der Waals surface area contributed by atoms with Crippen LogP contribution in [-0.4, -0.2) is 26.3 Å². The number of benzene rings is 2. The smallest absolute Gasteiger partial charge is 0.265 e. The molecule has 2 aromatic carbocycles. The van der Waals surface area contributed by atoms with E-state index in [0.29, 0.717) is 21.8 Å². The van der Waals surface area contributed by atoms with Gasteiger partial charge in [0.05, 0.1) is 9.77 Å². The van der Waals surface area contributed by atoms with E-state index in [9.17, 15) is 18.0 Å². The van der Waals surface area contributed by atoms with Crippen molar-refractivity contribution in [1.82, 2.24) is 4.72 Å².